The molecule has 3 saturated heterocycles. The molecule has 0 saturated carbocycles. The molecule has 4 aromatic heterocycles. The molecule has 2 bridgehead atoms. The Balaban J connectivity index is 0.817. The Hall–Kier alpha value is -5.91. The molecule has 3 aliphatic heterocycles. The summed E-state index contributed by atoms with van der Waals surface area (Å²) in [5.41, 5.74) is 7.60. The molecule has 4 N–H and O–H groups in total. The average molecular weight is 875 g/mol. The largest absolute Gasteiger partial charge is 0.507 e. The van der Waals surface area contributed by atoms with Gasteiger partial charge in [-0.3, -0.25) is 19.2 Å². The molecule has 6 aromatic rings. The van der Waals surface area contributed by atoms with E-state index in [1.54, 1.807) is 29.5 Å². The summed E-state index contributed by atoms with van der Waals surface area (Å²) in [7, 11) is 1.83. The number of rotatable bonds is 14. The van der Waals surface area contributed by atoms with E-state index in [1.807, 2.05) is 82.7 Å². The molecule has 3 fully saturated rings. The monoisotopic (exact) mass is 874 g/mol. The normalized spacial score (nSPS) is 22.1. The molecule has 3 unspecified atom stereocenters. The third kappa shape index (κ3) is 8.36. The first-order valence-corrected chi connectivity index (χ1v) is 22.7. The number of amides is 2. The van der Waals surface area contributed by atoms with Gasteiger partial charge in [0, 0.05) is 50.3 Å². The number of fused-ring (bicyclic) bond motifs is 3. The second-order valence-corrected chi connectivity index (χ2v) is 18.3. The van der Waals surface area contributed by atoms with Gasteiger partial charge in [0.15, 0.2) is 17.1 Å². The van der Waals surface area contributed by atoms with Crippen LogP contribution in [0.25, 0.3) is 32.7 Å². The van der Waals surface area contributed by atoms with E-state index >= 15 is 0 Å². The molecule has 0 radical (unpaired) electrons. The molecule has 9 rings (SSSR count). The summed E-state index contributed by atoms with van der Waals surface area (Å²) in [6.45, 7) is 8.91. The van der Waals surface area contributed by atoms with Gasteiger partial charge >= 0.3 is 0 Å². The van der Waals surface area contributed by atoms with Crippen molar-refractivity contribution in [3.05, 3.63) is 83.2 Å². The number of ether oxygens (including phenoxy) is 1. The van der Waals surface area contributed by atoms with Crippen LogP contribution < -0.4 is 15.4 Å². The number of aryl methyl sites for hydroxylation is 1. The minimum absolute atomic E-state index is 0.0502. The summed E-state index contributed by atoms with van der Waals surface area (Å²) >= 11 is 1.59. The van der Waals surface area contributed by atoms with Crippen molar-refractivity contribution in [1.82, 2.24) is 45.2 Å². The molecule has 2 amide bonds. The van der Waals surface area contributed by atoms with E-state index in [0.29, 0.717) is 59.5 Å². The van der Waals surface area contributed by atoms with Crippen molar-refractivity contribution in [2.75, 3.05) is 32.1 Å². The van der Waals surface area contributed by atoms with Gasteiger partial charge in [-0.15, -0.1) is 21.5 Å². The topological polar surface area (TPSA) is 197 Å². The van der Waals surface area contributed by atoms with Crippen LogP contribution in [0.4, 0.5) is 5.82 Å². The molecule has 16 nitrogen and oxygen atoms in total. The number of nitrogens with zero attached hydrogens (tertiary/aromatic N) is 8. The Kier molecular flexibility index (Phi) is 11.9. The molecule has 7 heterocycles. The quantitative estimate of drug-likeness (QED) is 0.0929. The zero-order valence-corrected chi connectivity index (χ0v) is 37.0. The summed E-state index contributed by atoms with van der Waals surface area (Å²) in [5, 5.41) is 45.6. The predicted molar refractivity (Wildman–Crippen MR) is 238 cm³/mol. The number of phenolic OH excluding ortho intramolecular Hbond substituents is 1. The van der Waals surface area contributed by atoms with Crippen LogP contribution in [0.15, 0.2) is 70.7 Å². The Morgan fingerprint density at radius 1 is 1.00 bits per heavy atom. The molecule has 17 heteroatoms. The highest BCUT2D eigenvalue weighted by Crippen LogP contribution is 2.43. The predicted octanol–water partition coefficient (Wildman–Crippen LogP) is 6.49. The third-order valence-corrected chi connectivity index (χ3v) is 14.0. The first-order chi connectivity index (χ1) is 30.5. The lowest BCUT2D eigenvalue weighted by Gasteiger charge is -2.39. The molecular weight excluding hydrogens is 821 g/mol. The fourth-order valence-corrected chi connectivity index (χ4v) is 10.7. The molecule has 0 aliphatic carbocycles. The number of anilines is 1. The number of aromatic nitrogens is 6. The fraction of sp³-hybridized carbons (Fsp3) is 0.457. The van der Waals surface area contributed by atoms with Crippen LogP contribution in [0.5, 0.6) is 11.6 Å². The number of carbonyl (C=O) groups is 2. The van der Waals surface area contributed by atoms with E-state index in [9.17, 15) is 19.8 Å². The summed E-state index contributed by atoms with van der Waals surface area (Å²) in [4.78, 5) is 37.5. The number of piperidine rings is 1. The zero-order chi connectivity index (χ0) is 43.9. The van der Waals surface area contributed by atoms with E-state index in [0.717, 1.165) is 52.9 Å². The molecule has 0 spiro atoms. The number of hydrogen-bond acceptors (Lipinski definition) is 14. The standard InChI is InChI=1S/C46H54N10O6S/c1-25(2)41(46(60)55-23-33(57)20-37(55)45(59)49-26(3)28-10-12-29(13-11-28)43-27(4)48-24-63-43)39-22-40(53-62-39)61-17-16-54-30-14-15-31(54)19-32(18-30)56-36-21-35(34-8-6-7-9-38(34)58)50-51-42(36)44(47-5)52-56/h6-13,21-22,24-26,30-33,37,41,57-58H,14-20,23H2,1-5H3,(H,47,52)(H,49,59)/t26-,30?,31?,32?,33+,37-,41?/m0/s1. The van der Waals surface area contributed by atoms with Gasteiger partial charge in [-0.2, -0.15) is 5.10 Å². The van der Waals surface area contributed by atoms with Gasteiger partial charge in [0.25, 0.3) is 5.88 Å². The SMILES string of the molecule is CNc1nn(C2CC3CCC(C2)N3CCOc2cc(C(C(=O)N3C[C@H](O)C[C@H]3C(=O)N[C@@H](C)c3ccc(-c4scnc4C)cc3)C(C)C)on2)c2cc(-c3ccccc3O)nnc12. The maximum Gasteiger partial charge on any atom is 0.254 e. The molecular formula is C46H54N10O6S. The van der Waals surface area contributed by atoms with E-state index in [1.165, 1.54) is 4.90 Å². The summed E-state index contributed by atoms with van der Waals surface area (Å²) in [5.74, 6) is -0.0374. The minimum atomic E-state index is -0.833. The Labute approximate surface area is 369 Å². The number of β-amino-alcohol motifs (C(OH)–C–C–N with tert-alkyl or cyclic N) is 1. The number of thiazole rings is 1. The van der Waals surface area contributed by atoms with Crippen LogP contribution in [0.3, 0.4) is 0 Å². The maximum atomic E-state index is 14.3. The van der Waals surface area contributed by atoms with Gasteiger partial charge in [0.1, 0.15) is 24.3 Å². The summed E-state index contributed by atoms with van der Waals surface area (Å²) in [6.07, 6.45) is 3.32. The highest BCUT2D eigenvalue weighted by Gasteiger charge is 2.44. The van der Waals surface area contributed by atoms with Crippen molar-refractivity contribution < 1.29 is 29.1 Å². The Morgan fingerprint density at radius 2 is 1.76 bits per heavy atom. The second kappa shape index (κ2) is 17.7. The van der Waals surface area contributed by atoms with Crippen LogP contribution in [0, 0.1) is 12.8 Å². The van der Waals surface area contributed by atoms with E-state index in [4.69, 9.17) is 14.4 Å². The fourth-order valence-electron chi connectivity index (χ4n) is 9.87. The highest BCUT2D eigenvalue weighted by molar-refractivity contribution is 7.13. The van der Waals surface area contributed by atoms with Gasteiger partial charge < -0.3 is 35.0 Å². The number of para-hydroxylation sites is 1. The van der Waals surface area contributed by atoms with Gasteiger partial charge in [0.05, 0.1) is 45.5 Å². The number of carbonyl (C=O) groups excluding carboxylic acids is 2. The van der Waals surface area contributed by atoms with Gasteiger partial charge in [-0.05, 0) is 79.9 Å². The number of phenols is 1. The zero-order valence-electron chi connectivity index (χ0n) is 36.1. The number of hydrogen-bond donors (Lipinski definition) is 4. The number of benzene rings is 2. The number of aliphatic hydroxyl groups excluding tert-OH is 1. The lowest BCUT2D eigenvalue weighted by atomic mass is 9.91. The van der Waals surface area contributed by atoms with Gasteiger partial charge in [-0.25, -0.2) is 4.98 Å². The van der Waals surface area contributed by atoms with Crippen molar-refractivity contribution in [1.29, 1.82) is 0 Å². The molecule has 6 atom stereocenters. The molecule has 330 valence electrons. The van der Waals surface area contributed by atoms with Crippen molar-refractivity contribution in [3.8, 4) is 33.3 Å². The summed E-state index contributed by atoms with van der Waals surface area (Å²) in [6, 6.07) is 18.5. The Morgan fingerprint density at radius 3 is 2.46 bits per heavy atom. The van der Waals surface area contributed by atoms with E-state index in [2.05, 4.69) is 40.6 Å². The molecule has 2 aromatic carbocycles. The van der Waals surface area contributed by atoms with Crippen molar-refractivity contribution >= 4 is 40.0 Å². The number of likely N-dealkylation sites (tertiary alicyclic amines) is 1. The Bertz CT molecular complexity index is 2580. The molecule has 3 aliphatic rings. The first kappa shape index (κ1) is 42.4. The van der Waals surface area contributed by atoms with Crippen molar-refractivity contribution in [2.24, 2.45) is 5.92 Å². The number of aliphatic hydroxyl groups is 1. The minimum Gasteiger partial charge on any atom is -0.507 e. The lowest BCUT2D eigenvalue weighted by molar-refractivity contribution is -0.141. The summed E-state index contributed by atoms with van der Waals surface area (Å²) < 4.78 is 14.0. The smallest absolute Gasteiger partial charge is 0.254 e. The maximum absolute atomic E-state index is 14.3. The van der Waals surface area contributed by atoms with Gasteiger partial charge in [0.2, 0.25) is 11.8 Å². The average Bonchev–Trinajstić information content (AvgIpc) is 4.12. The first-order valence-electron chi connectivity index (χ1n) is 21.8. The van der Waals surface area contributed by atoms with E-state index in [-0.39, 0.29) is 48.5 Å². The molecule has 63 heavy (non-hydrogen) atoms. The van der Waals surface area contributed by atoms with Crippen LogP contribution >= 0.6 is 11.3 Å². The van der Waals surface area contributed by atoms with Crippen molar-refractivity contribution in [3.63, 3.8) is 0 Å². The van der Waals surface area contributed by atoms with Crippen LogP contribution in [-0.4, -0.2) is 113 Å². The third-order valence-electron chi connectivity index (χ3n) is 13.1. The van der Waals surface area contributed by atoms with E-state index < -0.39 is 18.1 Å². The lowest BCUT2D eigenvalue weighted by Crippen LogP contribution is -2.48. The van der Waals surface area contributed by atoms with Crippen LogP contribution in [-0.2, 0) is 9.59 Å². The van der Waals surface area contributed by atoms with Crippen molar-refractivity contribution in [2.45, 2.75) is 102 Å². The van der Waals surface area contributed by atoms with Gasteiger partial charge in [-0.1, -0.05) is 50.2 Å². The number of aromatic hydroxyl groups is 1. The second-order valence-electron chi connectivity index (χ2n) is 17.4. The van der Waals surface area contributed by atoms with Crippen LogP contribution in [0.1, 0.15) is 87.9 Å². The number of nitrogens with one attached hydrogen (secondary N) is 2. The highest BCUT2D eigenvalue weighted by atomic mass is 32.1. The van der Waals surface area contributed by atoms with Crippen LogP contribution in [0.2, 0.25) is 0 Å².